The Balaban J connectivity index is 2.92. The van der Waals surface area contributed by atoms with E-state index >= 15 is 0 Å². The lowest BCUT2D eigenvalue weighted by atomic mass is 9.88. The SMILES string of the molecule is CC(C)C(C)(CN)NC(=O)c1cccc(N(C)C)c1. The third kappa shape index (κ3) is 3.70. The molecule has 1 aromatic carbocycles. The van der Waals surface area contributed by atoms with Crippen LogP contribution in [0.4, 0.5) is 5.69 Å². The average Bonchev–Trinajstić information content (AvgIpc) is 2.38. The van der Waals surface area contributed by atoms with Crippen LogP contribution in [0, 0.1) is 5.92 Å². The Morgan fingerprint density at radius 2 is 2.05 bits per heavy atom. The molecule has 19 heavy (non-hydrogen) atoms. The van der Waals surface area contributed by atoms with Crippen molar-refractivity contribution in [2.45, 2.75) is 26.3 Å². The zero-order valence-electron chi connectivity index (χ0n) is 12.5. The van der Waals surface area contributed by atoms with Gasteiger partial charge in [0.05, 0.1) is 5.54 Å². The first-order chi connectivity index (χ1) is 8.80. The molecule has 1 atom stereocenters. The summed E-state index contributed by atoms with van der Waals surface area (Å²) in [7, 11) is 3.91. The highest BCUT2D eigenvalue weighted by molar-refractivity contribution is 5.95. The second-order valence-corrected chi connectivity index (χ2v) is 5.68. The Morgan fingerprint density at radius 1 is 1.42 bits per heavy atom. The van der Waals surface area contributed by atoms with E-state index in [1.165, 1.54) is 0 Å². The average molecular weight is 263 g/mol. The van der Waals surface area contributed by atoms with E-state index in [-0.39, 0.29) is 17.4 Å². The number of hydrogen-bond donors (Lipinski definition) is 2. The summed E-state index contributed by atoms with van der Waals surface area (Å²) in [4.78, 5) is 14.3. The number of nitrogens with one attached hydrogen (secondary N) is 1. The fraction of sp³-hybridized carbons (Fsp3) is 0.533. The molecule has 106 valence electrons. The van der Waals surface area contributed by atoms with Crippen LogP contribution in [0.25, 0.3) is 0 Å². The van der Waals surface area contributed by atoms with Gasteiger partial charge in [0, 0.05) is 31.9 Å². The van der Waals surface area contributed by atoms with Gasteiger partial charge in [-0.2, -0.15) is 0 Å². The zero-order valence-corrected chi connectivity index (χ0v) is 12.5. The van der Waals surface area contributed by atoms with Gasteiger partial charge in [0.15, 0.2) is 0 Å². The van der Waals surface area contributed by atoms with Crippen molar-refractivity contribution in [3.63, 3.8) is 0 Å². The summed E-state index contributed by atoms with van der Waals surface area (Å²) in [6.45, 7) is 6.52. The van der Waals surface area contributed by atoms with Crippen LogP contribution in [0.5, 0.6) is 0 Å². The van der Waals surface area contributed by atoms with Gasteiger partial charge in [0.2, 0.25) is 0 Å². The molecule has 1 rings (SSSR count). The summed E-state index contributed by atoms with van der Waals surface area (Å²) in [5.74, 6) is 0.198. The van der Waals surface area contributed by atoms with Gasteiger partial charge < -0.3 is 16.0 Å². The Labute approximate surface area is 116 Å². The smallest absolute Gasteiger partial charge is 0.251 e. The van der Waals surface area contributed by atoms with Crippen molar-refractivity contribution in [3.05, 3.63) is 29.8 Å². The van der Waals surface area contributed by atoms with Crippen molar-refractivity contribution >= 4 is 11.6 Å². The summed E-state index contributed by atoms with van der Waals surface area (Å²) in [5.41, 5.74) is 7.07. The van der Waals surface area contributed by atoms with Crippen molar-refractivity contribution in [2.24, 2.45) is 11.7 Å². The van der Waals surface area contributed by atoms with Gasteiger partial charge in [-0.05, 0) is 31.0 Å². The molecular weight excluding hydrogens is 238 g/mol. The number of nitrogens with zero attached hydrogens (tertiary/aromatic N) is 1. The van der Waals surface area contributed by atoms with Gasteiger partial charge in [-0.3, -0.25) is 4.79 Å². The largest absolute Gasteiger partial charge is 0.378 e. The highest BCUT2D eigenvalue weighted by atomic mass is 16.1. The molecule has 4 heteroatoms. The van der Waals surface area contributed by atoms with Crippen LogP contribution in [0.1, 0.15) is 31.1 Å². The van der Waals surface area contributed by atoms with E-state index in [2.05, 4.69) is 19.2 Å². The second kappa shape index (κ2) is 6.06. The fourth-order valence-corrected chi connectivity index (χ4v) is 1.69. The summed E-state index contributed by atoms with van der Waals surface area (Å²) in [5, 5.41) is 3.04. The van der Waals surface area contributed by atoms with Crippen LogP contribution >= 0.6 is 0 Å². The molecule has 0 aromatic heterocycles. The second-order valence-electron chi connectivity index (χ2n) is 5.68. The monoisotopic (exact) mass is 263 g/mol. The molecule has 0 saturated heterocycles. The number of carbonyl (C=O) groups excluding carboxylic acids is 1. The number of carbonyl (C=O) groups is 1. The Morgan fingerprint density at radius 3 is 2.53 bits per heavy atom. The third-order valence-electron chi connectivity index (χ3n) is 3.72. The zero-order chi connectivity index (χ0) is 14.6. The summed E-state index contributed by atoms with van der Waals surface area (Å²) in [6, 6.07) is 7.56. The molecule has 0 radical (unpaired) electrons. The molecule has 1 aromatic rings. The molecule has 0 aliphatic heterocycles. The number of benzene rings is 1. The van der Waals surface area contributed by atoms with Gasteiger partial charge in [0.25, 0.3) is 5.91 Å². The van der Waals surface area contributed by atoms with Crippen LogP contribution in [-0.2, 0) is 0 Å². The van der Waals surface area contributed by atoms with E-state index in [0.717, 1.165) is 5.69 Å². The number of anilines is 1. The molecule has 0 fully saturated rings. The molecule has 0 aliphatic carbocycles. The van der Waals surface area contributed by atoms with Crippen molar-refractivity contribution in [2.75, 3.05) is 25.5 Å². The predicted molar refractivity (Wildman–Crippen MR) is 80.5 cm³/mol. The number of nitrogens with two attached hydrogens (primary N) is 1. The van der Waals surface area contributed by atoms with Gasteiger partial charge >= 0.3 is 0 Å². The maximum atomic E-state index is 12.3. The standard InChI is InChI=1S/C15H25N3O/c1-11(2)15(3,10-16)17-14(19)12-7-6-8-13(9-12)18(4)5/h6-9,11H,10,16H2,1-5H3,(H,17,19). The van der Waals surface area contributed by atoms with E-state index in [1.807, 2.05) is 50.2 Å². The molecule has 0 aliphatic rings. The molecule has 0 spiro atoms. The number of amides is 1. The predicted octanol–water partition coefficient (Wildman–Crippen LogP) is 1.86. The maximum absolute atomic E-state index is 12.3. The molecule has 4 nitrogen and oxygen atoms in total. The highest BCUT2D eigenvalue weighted by Crippen LogP contribution is 2.18. The van der Waals surface area contributed by atoms with E-state index in [9.17, 15) is 4.79 Å². The third-order valence-corrected chi connectivity index (χ3v) is 3.72. The molecule has 1 unspecified atom stereocenters. The number of hydrogen-bond acceptors (Lipinski definition) is 3. The fourth-order valence-electron chi connectivity index (χ4n) is 1.69. The van der Waals surface area contributed by atoms with Crippen molar-refractivity contribution in [3.8, 4) is 0 Å². The number of rotatable bonds is 5. The minimum atomic E-state index is -0.384. The first-order valence-corrected chi connectivity index (χ1v) is 6.60. The van der Waals surface area contributed by atoms with E-state index < -0.39 is 0 Å². The van der Waals surface area contributed by atoms with Crippen molar-refractivity contribution < 1.29 is 4.79 Å². The molecule has 1 amide bonds. The minimum absolute atomic E-state index is 0.0784. The molecule has 0 bridgehead atoms. The minimum Gasteiger partial charge on any atom is -0.378 e. The van der Waals surface area contributed by atoms with Crippen LogP contribution in [0.15, 0.2) is 24.3 Å². The molecule has 0 heterocycles. The Bertz CT molecular complexity index is 443. The van der Waals surface area contributed by atoms with Gasteiger partial charge in [-0.25, -0.2) is 0 Å². The summed E-state index contributed by atoms with van der Waals surface area (Å²) >= 11 is 0. The quantitative estimate of drug-likeness (QED) is 0.852. The topological polar surface area (TPSA) is 58.4 Å². The van der Waals surface area contributed by atoms with Crippen molar-refractivity contribution in [1.82, 2.24) is 5.32 Å². The maximum Gasteiger partial charge on any atom is 0.251 e. The first-order valence-electron chi connectivity index (χ1n) is 6.60. The normalized spacial score (nSPS) is 14.1. The lowest BCUT2D eigenvalue weighted by molar-refractivity contribution is 0.0883. The highest BCUT2D eigenvalue weighted by Gasteiger charge is 2.28. The molecular formula is C15H25N3O. The first kappa shape index (κ1) is 15.5. The van der Waals surface area contributed by atoms with Crippen molar-refractivity contribution in [1.29, 1.82) is 0 Å². The van der Waals surface area contributed by atoms with Gasteiger partial charge in [-0.1, -0.05) is 19.9 Å². The van der Waals surface area contributed by atoms with Crippen LogP contribution in [0.3, 0.4) is 0 Å². The molecule has 0 saturated carbocycles. The summed E-state index contributed by atoms with van der Waals surface area (Å²) < 4.78 is 0. The van der Waals surface area contributed by atoms with E-state index in [0.29, 0.717) is 12.1 Å². The lowest BCUT2D eigenvalue weighted by Crippen LogP contribution is -2.55. The van der Waals surface area contributed by atoms with Gasteiger partial charge in [-0.15, -0.1) is 0 Å². The van der Waals surface area contributed by atoms with E-state index in [1.54, 1.807) is 0 Å². The Kier molecular flexibility index (Phi) is 4.95. The van der Waals surface area contributed by atoms with Crippen LogP contribution in [0.2, 0.25) is 0 Å². The van der Waals surface area contributed by atoms with E-state index in [4.69, 9.17) is 5.73 Å². The van der Waals surface area contributed by atoms with Crippen LogP contribution < -0.4 is 16.0 Å². The lowest BCUT2D eigenvalue weighted by Gasteiger charge is -2.33. The Hall–Kier alpha value is -1.55. The van der Waals surface area contributed by atoms with Crippen LogP contribution in [-0.4, -0.2) is 32.1 Å². The molecule has 3 N–H and O–H groups in total. The summed E-state index contributed by atoms with van der Waals surface area (Å²) in [6.07, 6.45) is 0. The van der Waals surface area contributed by atoms with Gasteiger partial charge in [0.1, 0.15) is 0 Å².